The Hall–Kier alpha value is -1.12. The van der Waals surface area contributed by atoms with Gasteiger partial charge in [0.1, 0.15) is 12.0 Å². The molecule has 88 valence electrons. The number of aromatic nitrogens is 1. The van der Waals surface area contributed by atoms with Crippen LogP contribution in [0.5, 0.6) is 0 Å². The third-order valence-electron chi connectivity index (χ3n) is 3.21. The van der Waals surface area contributed by atoms with E-state index in [4.69, 9.17) is 0 Å². The molecule has 0 aliphatic carbocycles. The third-order valence-corrected chi connectivity index (χ3v) is 3.21. The van der Waals surface area contributed by atoms with Crippen molar-refractivity contribution in [2.24, 2.45) is 0 Å². The molecule has 0 amide bonds. The maximum Gasteiger partial charge on any atom is 0.128 e. The molecule has 1 unspecified atom stereocenters. The maximum absolute atomic E-state index is 13.1. The number of alkyl halides is 1. The van der Waals surface area contributed by atoms with Gasteiger partial charge in [-0.25, -0.2) is 9.37 Å². The lowest BCUT2D eigenvalue weighted by Gasteiger charge is -2.18. The minimum absolute atomic E-state index is 0.494. The van der Waals surface area contributed by atoms with E-state index in [1.54, 1.807) is 0 Å². The zero-order chi connectivity index (χ0) is 11.7. The zero-order valence-electron chi connectivity index (χ0n) is 10.2. The fourth-order valence-corrected chi connectivity index (χ4v) is 2.25. The number of halogens is 1. The highest BCUT2D eigenvalue weighted by Gasteiger charge is 2.23. The van der Waals surface area contributed by atoms with Crippen molar-refractivity contribution in [3.8, 4) is 0 Å². The van der Waals surface area contributed by atoms with Crippen molar-refractivity contribution in [2.45, 2.75) is 39.3 Å². The van der Waals surface area contributed by atoms with Crippen LogP contribution in [0.2, 0.25) is 0 Å². The number of anilines is 1. The molecule has 2 rings (SSSR count). The number of rotatable bonds is 2. The molecule has 1 fully saturated rings. The van der Waals surface area contributed by atoms with Gasteiger partial charge in [-0.1, -0.05) is 13.8 Å². The molecule has 0 bridgehead atoms. The first-order valence-electron chi connectivity index (χ1n) is 5.93. The lowest BCUT2D eigenvalue weighted by atomic mass is 10.0. The highest BCUT2D eigenvalue weighted by atomic mass is 19.1. The summed E-state index contributed by atoms with van der Waals surface area (Å²) >= 11 is 0. The van der Waals surface area contributed by atoms with Crippen molar-refractivity contribution in [2.75, 3.05) is 18.0 Å². The first kappa shape index (κ1) is 11.4. The summed E-state index contributed by atoms with van der Waals surface area (Å²) < 4.78 is 13.1. The molecule has 1 saturated heterocycles. The molecule has 0 aromatic carbocycles. The lowest BCUT2D eigenvalue weighted by molar-refractivity contribution is 0.364. The van der Waals surface area contributed by atoms with Crippen LogP contribution < -0.4 is 4.90 Å². The fourth-order valence-electron chi connectivity index (χ4n) is 2.25. The van der Waals surface area contributed by atoms with Gasteiger partial charge in [-0.15, -0.1) is 0 Å². The molecular formula is C13H19FN2. The highest BCUT2D eigenvalue weighted by Crippen LogP contribution is 2.24. The van der Waals surface area contributed by atoms with Gasteiger partial charge in [-0.2, -0.15) is 0 Å². The van der Waals surface area contributed by atoms with Crippen molar-refractivity contribution in [3.63, 3.8) is 0 Å². The minimum atomic E-state index is -0.688. The Kier molecular flexibility index (Phi) is 3.13. The molecule has 2 heterocycles. The van der Waals surface area contributed by atoms with E-state index in [9.17, 15) is 4.39 Å². The van der Waals surface area contributed by atoms with Crippen molar-refractivity contribution in [1.82, 2.24) is 4.98 Å². The SMILES string of the molecule is Cc1cc(N2CCC(F)C2)ncc1C(C)C. The Morgan fingerprint density at radius 1 is 1.50 bits per heavy atom. The summed E-state index contributed by atoms with van der Waals surface area (Å²) in [6, 6.07) is 2.08. The van der Waals surface area contributed by atoms with Gasteiger partial charge < -0.3 is 4.90 Å². The van der Waals surface area contributed by atoms with E-state index in [0.717, 1.165) is 12.4 Å². The summed E-state index contributed by atoms with van der Waals surface area (Å²) in [6.07, 6.45) is 1.87. The van der Waals surface area contributed by atoms with E-state index in [-0.39, 0.29) is 0 Å². The van der Waals surface area contributed by atoms with Crippen molar-refractivity contribution in [3.05, 3.63) is 23.4 Å². The van der Waals surface area contributed by atoms with Crippen LogP contribution in [0, 0.1) is 6.92 Å². The van der Waals surface area contributed by atoms with Crippen molar-refractivity contribution in [1.29, 1.82) is 0 Å². The Bertz CT molecular complexity index is 376. The topological polar surface area (TPSA) is 16.1 Å². The van der Waals surface area contributed by atoms with Gasteiger partial charge in [0.15, 0.2) is 0 Å². The molecule has 1 aliphatic rings. The Balaban J connectivity index is 2.21. The molecule has 0 saturated carbocycles. The zero-order valence-corrected chi connectivity index (χ0v) is 10.2. The number of aryl methyl sites for hydroxylation is 1. The van der Waals surface area contributed by atoms with E-state index in [1.165, 1.54) is 11.1 Å². The number of hydrogen-bond acceptors (Lipinski definition) is 2. The van der Waals surface area contributed by atoms with Crippen LogP contribution in [0.1, 0.15) is 37.3 Å². The smallest absolute Gasteiger partial charge is 0.128 e. The van der Waals surface area contributed by atoms with Crippen molar-refractivity contribution >= 4 is 5.82 Å². The second-order valence-electron chi connectivity index (χ2n) is 4.89. The monoisotopic (exact) mass is 222 g/mol. The highest BCUT2D eigenvalue weighted by molar-refractivity contribution is 5.45. The summed E-state index contributed by atoms with van der Waals surface area (Å²) in [4.78, 5) is 6.47. The first-order chi connectivity index (χ1) is 7.58. The maximum atomic E-state index is 13.1. The molecule has 2 nitrogen and oxygen atoms in total. The molecule has 1 atom stereocenters. The average molecular weight is 222 g/mol. The molecule has 0 spiro atoms. The van der Waals surface area contributed by atoms with Gasteiger partial charge in [0, 0.05) is 12.7 Å². The lowest BCUT2D eigenvalue weighted by Crippen LogP contribution is -2.21. The summed E-state index contributed by atoms with van der Waals surface area (Å²) in [5.74, 6) is 1.41. The van der Waals surface area contributed by atoms with Gasteiger partial charge in [-0.05, 0) is 36.5 Å². The molecule has 3 heteroatoms. The molecule has 0 radical (unpaired) electrons. The Labute approximate surface area is 96.5 Å². The Morgan fingerprint density at radius 3 is 2.75 bits per heavy atom. The van der Waals surface area contributed by atoms with Crippen molar-refractivity contribution < 1.29 is 4.39 Å². The van der Waals surface area contributed by atoms with Gasteiger partial charge in [-0.3, -0.25) is 0 Å². The van der Waals surface area contributed by atoms with Crippen LogP contribution in [-0.4, -0.2) is 24.2 Å². The van der Waals surface area contributed by atoms with Crippen LogP contribution in [0.25, 0.3) is 0 Å². The van der Waals surface area contributed by atoms with Crippen LogP contribution >= 0.6 is 0 Å². The average Bonchev–Trinajstić information content (AvgIpc) is 2.64. The van der Waals surface area contributed by atoms with Gasteiger partial charge in [0.2, 0.25) is 0 Å². The molecule has 0 N–H and O–H groups in total. The summed E-state index contributed by atoms with van der Waals surface area (Å²) in [5.41, 5.74) is 2.53. The second-order valence-corrected chi connectivity index (χ2v) is 4.89. The predicted octanol–water partition coefficient (Wildman–Crippen LogP) is 3.06. The predicted molar refractivity (Wildman–Crippen MR) is 64.8 cm³/mol. The van der Waals surface area contributed by atoms with E-state index in [0.29, 0.717) is 18.9 Å². The largest absolute Gasteiger partial charge is 0.354 e. The van der Waals surface area contributed by atoms with Gasteiger partial charge in [0.05, 0.1) is 6.54 Å². The van der Waals surface area contributed by atoms with E-state index in [1.807, 2.05) is 11.1 Å². The van der Waals surface area contributed by atoms with Crippen LogP contribution in [0.4, 0.5) is 10.2 Å². The first-order valence-corrected chi connectivity index (χ1v) is 5.93. The minimum Gasteiger partial charge on any atom is -0.354 e. The van der Waals surface area contributed by atoms with E-state index >= 15 is 0 Å². The molecule has 1 aliphatic heterocycles. The molecule has 16 heavy (non-hydrogen) atoms. The van der Waals surface area contributed by atoms with E-state index in [2.05, 4.69) is 31.8 Å². The van der Waals surface area contributed by atoms with Crippen LogP contribution in [0.15, 0.2) is 12.3 Å². The third kappa shape index (κ3) is 2.18. The second kappa shape index (κ2) is 4.40. The number of nitrogens with zero attached hydrogens (tertiary/aromatic N) is 2. The van der Waals surface area contributed by atoms with Crippen LogP contribution in [-0.2, 0) is 0 Å². The summed E-state index contributed by atoms with van der Waals surface area (Å²) in [7, 11) is 0. The normalized spacial score (nSPS) is 20.8. The van der Waals surface area contributed by atoms with Gasteiger partial charge >= 0.3 is 0 Å². The molecule has 1 aromatic rings. The fraction of sp³-hybridized carbons (Fsp3) is 0.615. The summed E-state index contributed by atoms with van der Waals surface area (Å²) in [5, 5.41) is 0. The Morgan fingerprint density at radius 2 is 2.25 bits per heavy atom. The summed E-state index contributed by atoms with van der Waals surface area (Å²) in [6.45, 7) is 7.71. The van der Waals surface area contributed by atoms with E-state index < -0.39 is 6.17 Å². The van der Waals surface area contributed by atoms with Crippen LogP contribution in [0.3, 0.4) is 0 Å². The number of pyridine rings is 1. The quantitative estimate of drug-likeness (QED) is 0.764. The molecule has 1 aromatic heterocycles. The molecular weight excluding hydrogens is 203 g/mol. The van der Waals surface area contributed by atoms with Gasteiger partial charge in [0.25, 0.3) is 0 Å². The number of hydrogen-bond donors (Lipinski definition) is 0. The standard InChI is InChI=1S/C13H19FN2/c1-9(2)12-7-15-13(6-10(12)3)16-5-4-11(14)8-16/h6-7,9,11H,4-5,8H2,1-3H3.